The molecule has 0 unspecified atom stereocenters. The van der Waals surface area contributed by atoms with Gasteiger partial charge in [0.15, 0.2) is 0 Å². The number of nitriles is 2. The van der Waals surface area contributed by atoms with Crippen LogP contribution in [0.5, 0.6) is 17.4 Å². The summed E-state index contributed by atoms with van der Waals surface area (Å²) >= 11 is 0. The van der Waals surface area contributed by atoms with E-state index in [-0.39, 0.29) is 18.4 Å². The molecule has 9 heteroatoms. The van der Waals surface area contributed by atoms with Crippen LogP contribution in [0.25, 0.3) is 11.1 Å². The maximum Gasteiger partial charge on any atom is 0.236 e. The van der Waals surface area contributed by atoms with Crippen molar-refractivity contribution in [1.29, 1.82) is 10.5 Å². The molecule has 1 aliphatic heterocycles. The lowest BCUT2D eigenvalue weighted by Gasteiger charge is -2.31. The van der Waals surface area contributed by atoms with Crippen LogP contribution >= 0.6 is 0 Å². The Labute approximate surface area is 197 Å². The molecule has 2 aromatic carbocycles. The fourth-order valence-electron chi connectivity index (χ4n) is 3.73. The maximum atomic E-state index is 11.9. The Morgan fingerprint density at radius 2 is 1.68 bits per heavy atom. The largest absolute Gasteiger partial charge is 0.474 e. The van der Waals surface area contributed by atoms with Crippen molar-refractivity contribution in [3.05, 3.63) is 60.4 Å². The molecular formula is C25H22N6O3. The molecule has 0 radical (unpaired) electrons. The van der Waals surface area contributed by atoms with Crippen molar-refractivity contribution in [3.63, 3.8) is 0 Å². The molecule has 1 aliphatic rings. The van der Waals surface area contributed by atoms with Gasteiger partial charge in [-0.25, -0.2) is 9.97 Å². The third kappa shape index (κ3) is 5.22. The summed E-state index contributed by atoms with van der Waals surface area (Å²) in [5, 5.41) is 17.6. The van der Waals surface area contributed by atoms with Crippen molar-refractivity contribution in [1.82, 2.24) is 14.9 Å². The van der Waals surface area contributed by atoms with E-state index in [0.717, 1.165) is 5.56 Å². The fourth-order valence-corrected chi connectivity index (χ4v) is 3.73. The molecule has 4 rings (SSSR count). The average molecular weight is 454 g/mol. The highest BCUT2D eigenvalue weighted by molar-refractivity contribution is 5.79. The zero-order valence-corrected chi connectivity index (χ0v) is 18.3. The summed E-state index contributed by atoms with van der Waals surface area (Å²) in [5.74, 6) is 1.78. The number of hydrogen-bond acceptors (Lipinski definition) is 8. The summed E-state index contributed by atoms with van der Waals surface area (Å²) < 4.78 is 12.0. The summed E-state index contributed by atoms with van der Waals surface area (Å²) in [6.45, 7) is 1.06. The fraction of sp³-hybridized carbons (Fsp3) is 0.240. The van der Waals surface area contributed by atoms with Crippen LogP contribution in [0.3, 0.4) is 0 Å². The first-order chi connectivity index (χ1) is 16.6. The summed E-state index contributed by atoms with van der Waals surface area (Å²) in [6.07, 6.45) is 2.40. The van der Waals surface area contributed by atoms with E-state index in [9.17, 15) is 4.79 Å². The molecule has 0 atom stereocenters. The molecule has 3 aromatic rings. The number of amides is 1. The summed E-state index contributed by atoms with van der Waals surface area (Å²) in [4.78, 5) is 22.0. The molecular weight excluding hydrogens is 432 g/mol. The normalized spacial score (nSPS) is 13.5. The summed E-state index contributed by atoms with van der Waals surface area (Å²) in [6, 6.07) is 18.2. The Kier molecular flexibility index (Phi) is 6.85. The van der Waals surface area contributed by atoms with Gasteiger partial charge < -0.3 is 20.1 Å². The number of aromatic nitrogens is 2. The van der Waals surface area contributed by atoms with E-state index in [0.29, 0.717) is 60.3 Å². The number of carbonyl (C=O) groups excluding carboxylic acids is 1. The van der Waals surface area contributed by atoms with Gasteiger partial charge in [0, 0.05) is 25.9 Å². The summed E-state index contributed by atoms with van der Waals surface area (Å²) in [5.41, 5.74) is 8.11. The lowest BCUT2D eigenvalue weighted by Crippen LogP contribution is -2.41. The molecule has 1 fully saturated rings. The zero-order valence-electron chi connectivity index (χ0n) is 18.3. The number of carbonyl (C=O) groups is 1. The number of hydrogen-bond donors (Lipinski definition) is 1. The van der Waals surface area contributed by atoms with Crippen LogP contribution in [0.1, 0.15) is 24.8 Å². The SMILES string of the molecule is N#CCC(=O)N1CCC(Oc2ncnc(N)c2-c2ccc(Oc3ccc(C#N)cc3)cc2)CC1. The molecule has 1 saturated heterocycles. The molecule has 0 aliphatic carbocycles. The maximum absolute atomic E-state index is 11.9. The van der Waals surface area contributed by atoms with E-state index >= 15 is 0 Å². The van der Waals surface area contributed by atoms with E-state index in [1.807, 2.05) is 30.3 Å². The number of nitrogen functional groups attached to an aromatic ring is 1. The molecule has 9 nitrogen and oxygen atoms in total. The van der Waals surface area contributed by atoms with E-state index in [2.05, 4.69) is 16.0 Å². The van der Waals surface area contributed by atoms with Crippen molar-refractivity contribution in [3.8, 4) is 40.6 Å². The van der Waals surface area contributed by atoms with Crippen molar-refractivity contribution >= 4 is 11.7 Å². The smallest absolute Gasteiger partial charge is 0.236 e. The highest BCUT2D eigenvalue weighted by Crippen LogP contribution is 2.35. The topological polar surface area (TPSA) is 138 Å². The van der Waals surface area contributed by atoms with Crippen molar-refractivity contribution in [2.24, 2.45) is 0 Å². The highest BCUT2D eigenvalue weighted by atomic mass is 16.5. The molecule has 1 aromatic heterocycles. The van der Waals surface area contributed by atoms with E-state index < -0.39 is 0 Å². The van der Waals surface area contributed by atoms with Crippen LogP contribution in [0.2, 0.25) is 0 Å². The van der Waals surface area contributed by atoms with Crippen LogP contribution in [0.4, 0.5) is 5.82 Å². The average Bonchev–Trinajstić information content (AvgIpc) is 2.86. The van der Waals surface area contributed by atoms with E-state index in [1.165, 1.54) is 6.33 Å². The molecule has 2 heterocycles. The number of nitrogens with zero attached hydrogens (tertiary/aromatic N) is 5. The molecule has 1 amide bonds. The minimum absolute atomic E-state index is 0.108. The standard InChI is InChI=1S/C25H22N6O3/c26-12-9-22(32)31-13-10-21(11-14-31)34-25-23(24(28)29-16-30-25)18-3-7-20(8-4-18)33-19-5-1-17(15-27)2-6-19/h1-8,16,21H,9-11,13-14H2,(H2,28,29,30). The molecule has 2 N–H and O–H groups in total. The molecule has 170 valence electrons. The predicted molar refractivity (Wildman–Crippen MR) is 124 cm³/mol. The van der Waals surface area contributed by atoms with Crippen molar-refractivity contribution in [2.45, 2.75) is 25.4 Å². The number of piperidine rings is 1. The monoisotopic (exact) mass is 454 g/mol. The van der Waals surface area contributed by atoms with Gasteiger partial charge in [0.05, 0.1) is 23.3 Å². The van der Waals surface area contributed by atoms with Gasteiger partial charge in [0.25, 0.3) is 0 Å². The first-order valence-corrected chi connectivity index (χ1v) is 10.8. The Morgan fingerprint density at radius 3 is 2.29 bits per heavy atom. The van der Waals surface area contributed by atoms with E-state index in [4.69, 9.17) is 25.7 Å². The molecule has 0 spiro atoms. The molecule has 0 saturated carbocycles. The highest BCUT2D eigenvalue weighted by Gasteiger charge is 2.25. The lowest BCUT2D eigenvalue weighted by molar-refractivity contribution is -0.131. The predicted octanol–water partition coefficient (Wildman–Crippen LogP) is 3.67. The van der Waals surface area contributed by atoms with Crippen molar-refractivity contribution in [2.75, 3.05) is 18.8 Å². The summed E-state index contributed by atoms with van der Waals surface area (Å²) in [7, 11) is 0. The first kappa shape index (κ1) is 22.6. The van der Waals surface area contributed by atoms with Crippen LogP contribution in [-0.4, -0.2) is 40.0 Å². The lowest BCUT2D eigenvalue weighted by atomic mass is 10.1. The van der Waals surface area contributed by atoms with Gasteiger partial charge in [0.1, 0.15) is 36.2 Å². The number of benzene rings is 2. The Hall–Kier alpha value is -4.63. The van der Waals surface area contributed by atoms with Gasteiger partial charge in [-0.1, -0.05) is 12.1 Å². The molecule has 0 bridgehead atoms. The van der Waals surface area contributed by atoms with Gasteiger partial charge in [-0.15, -0.1) is 0 Å². The van der Waals surface area contributed by atoms with Crippen LogP contribution in [0, 0.1) is 22.7 Å². The van der Waals surface area contributed by atoms with Gasteiger partial charge in [-0.05, 0) is 42.0 Å². The number of likely N-dealkylation sites (tertiary alicyclic amines) is 1. The second-order valence-corrected chi connectivity index (χ2v) is 7.73. The van der Waals surface area contributed by atoms with Crippen LogP contribution in [-0.2, 0) is 4.79 Å². The second-order valence-electron chi connectivity index (χ2n) is 7.73. The van der Waals surface area contributed by atoms with Gasteiger partial charge in [-0.3, -0.25) is 4.79 Å². The van der Waals surface area contributed by atoms with Gasteiger partial charge in [0.2, 0.25) is 11.8 Å². The minimum atomic E-state index is -0.156. The van der Waals surface area contributed by atoms with Gasteiger partial charge >= 0.3 is 0 Å². The van der Waals surface area contributed by atoms with Crippen molar-refractivity contribution < 1.29 is 14.3 Å². The minimum Gasteiger partial charge on any atom is -0.474 e. The number of anilines is 1. The zero-order chi connectivity index (χ0) is 23.9. The van der Waals surface area contributed by atoms with Gasteiger partial charge in [-0.2, -0.15) is 10.5 Å². The Balaban J connectivity index is 1.46. The third-order valence-electron chi connectivity index (χ3n) is 5.51. The second kappa shape index (κ2) is 10.3. The Morgan fingerprint density at radius 1 is 1.03 bits per heavy atom. The Bertz CT molecular complexity index is 1240. The number of rotatable bonds is 6. The molecule has 34 heavy (non-hydrogen) atoms. The first-order valence-electron chi connectivity index (χ1n) is 10.8. The van der Waals surface area contributed by atoms with Crippen LogP contribution < -0.4 is 15.2 Å². The number of ether oxygens (including phenoxy) is 2. The number of nitrogens with two attached hydrogens (primary N) is 1. The van der Waals surface area contributed by atoms with Crippen LogP contribution in [0.15, 0.2) is 54.9 Å². The van der Waals surface area contributed by atoms with E-state index in [1.54, 1.807) is 29.2 Å². The third-order valence-corrected chi connectivity index (χ3v) is 5.51. The quantitative estimate of drug-likeness (QED) is 0.595.